The van der Waals surface area contributed by atoms with Crippen LogP contribution in [0.3, 0.4) is 0 Å². The number of nitrogens with zero attached hydrogens (tertiary/aromatic N) is 2. The number of hydrogen-bond acceptors (Lipinski definition) is 8. The maximum absolute atomic E-state index is 12.9. The monoisotopic (exact) mass is 567 g/mol. The van der Waals surface area contributed by atoms with Gasteiger partial charge in [-0.05, 0) is 99.7 Å². The van der Waals surface area contributed by atoms with Crippen molar-refractivity contribution in [2.75, 3.05) is 38.1 Å². The number of aryl methyl sites for hydroxylation is 4. The molecular formula is C30H41N5O4S. The Hall–Kier alpha value is -3.11. The highest BCUT2D eigenvalue weighted by molar-refractivity contribution is 7.97. The van der Waals surface area contributed by atoms with E-state index in [0.29, 0.717) is 25.9 Å². The third-order valence-electron chi connectivity index (χ3n) is 7.08. The number of carbonyl (C=O) groups excluding carboxylic acids is 3. The van der Waals surface area contributed by atoms with E-state index < -0.39 is 12.0 Å². The van der Waals surface area contributed by atoms with Crippen molar-refractivity contribution in [2.24, 2.45) is 5.92 Å². The summed E-state index contributed by atoms with van der Waals surface area (Å²) in [5.41, 5.74) is 4.71. The molecule has 10 heteroatoms. The molecule has 9 nitrogen and oxygen atoms in total. The minimum atomic E-state index is -0.912. The summed E-state index contributed by atoms with van der Waals surface area (Å²) in [4.78, 5) is 43.7. The van der Waals surface area contributed by atoms with Crippen LogP contribution in [0.25, 0.3) is 0 Å². The van der Waals surface area contributed by atoms with Crippen molar-refractivity contribution in [3.05, 3.63) is 52.7 Å². The topological polar surface area (TPSA) is 113 Å². The predicted molar refractivity (Wildman–Crippen MR) is 157 cm³/mol. The van der Waals surface area contributed by atoms with Gasteiger partial charge in [0, 0.05) is 43.2 Å². The number of benzene rings is 1. The maximum Gasteiger partial charge on any atom is 0.330 e. The number of carbonyl (C=O) groups is 3. The number of nitrogens with one attached hydrogen (secondary N) is 3. The molecule has 1 aromatic heterocycles. The summed E-state index contributed by atoms with van der Waals surface area (Å²) in [7, 11) is 0. The highest BCUT2D eigenvalue weighted by Crippen LogP contribution is 2.31. The Balaban J connectivity index is 1.17. The van der Waals surface area contributed by atoms with E-state index in [0.717, 1.165) is 48.6 Å². The van der Waals surface area contributed by atoms with Crippen LogP contribution in [-0.2, 0) is 32.0 Å². The molecule has 3 N–H and O–H groups in total. The Morgan fingerprint density at radius 3 is 2.67 bits per heavy atom. The third-order valence-corrected chi connectivity index (χ3v) is 8.08. The molecular weight excluding hydrogens is 526 g/mol. The largest absolute Gasteiger partial charge is 0.464 e. The van der Waals surface area contributed by atoms with Gasteiger partial charge in [-0.3, -0.25) is 9.59 Å². The molecule has 4 rings (SSSR count). The fraction of sp³-hybridized carbons (Fsp3) is 0.533. The molecule has 2 aliphatic heterocycles. The van der Waals surface area contributed by atoms with E-state index in [4.69, 9.17) is 9.72 Å². The van der Waals surface area contributed by atoms with Crippen LogP contribution in [0.15, 0.2) is 35.2 Å². The molecule has 40 heavy (non-hydrogen) atoms. The summed E-state index contributed by atoms with van der Waals surface area (Å²) < 4.78 is 7.28. The SMILES string of the molecule is CCOC(=O)C(CNC(=O)CCCCc1ccc2c(n1)NCCC2)NC(=O)C1CN(Sc2cc(C)cc(C)c2)C1. The van der Waals surface area contributed by atoms with Gasteiger partial charge in [0.15, 0.2) is 0 Å². The molecule has 0 saturated carbocycles. The molecule has 216 valence electrons. The average molecular weight is 568 g/mol. The molecule has 1 fully saturated rings. The van der Waals surface area contributed by atoms with Crippen molar-refractivity contribution in [3.8, 4) is 0 Å². The van der Waals surface area contributed by atoms with E-state index in [2.05, 4.69) is 64.4 Å². The van der Waals surface area contributed by atoms with Crippen molar-refractivity contribution >= 4 is 35.5 Å². The number of aromatic nitrogens is 1. The molecule has 1 aromatic carbocycles. The van der Waals surface area contributed by atoms with Gasteiger partial charge in [-0.15, -0.1) is 0 Å². The van der Waals surface area contributed by atoms with Crippen LogP contribution < -0.4 is 16.0 Å². The van der Waals surface area contributed by atoms with Crippen LogP contribution in [0.5, 0.6) is 0 Å². The standard InChI is InChI=1S/C30H41N5O4S/c1-4-39-30(38)26(34-29(37)23-18-35(19-23)40-25-15-20(2)14-21(3)16-25)17-32-27(36)10-6-5-9-24-12-11-22-8-7-13-31-28(22)33-24/h11-12,14-16,23,26H,4-10,13,17-19H2,1-3H3,(H,31,33)(H,32,36)(H,34,37). The second-order valence-corrected chi connectivity index (χ2v) is 11.8. The summed E-state index contributed by atoms with van der Waals surface area (Å²) >= 11 is 1.64. The summed E-state index contributed by atoms with van der Waals surface area (Å²) in [6, 6.07) is 9.70. The first kappa shape index (κ1) is 29.9. The number of amides is 2. The number of hydrogen-bond donors (Lipinski definition) is 3. The van der Waals surface area contributed by atoms with E-state index in [-0.39, 0.29) is 30.9 Å². The zero-order valence-corrected chi connectivity index (χ0v) is 24.6. The van der Waals surface area contributed by atoms with Gasteiger partial charge in [0.25, 0.3) is 0 Å². The zero-order chi connectivity index (χ0) is 28.5. The van der Waals surface area contributed by atoms with Crippen LogP contribution >= 0.6 is 11.9 Å². The Morgan fingerprint density at radius 1 is 1.15 bits per heavy atom. The van der Waals surface area contributed by atoms with Gasteiger partial charge in [0.05, 0.1) is 12.5 Å². The number of fused-ring (bicyclic) bond motifs is 1. The predicted octanol–water partition coefficient (Wildman–Crippen LogP) is 3.57. The number of unbranched alkanes of at least 4 members (excludes halogenated alkanes) is 1. The van der Waals surface area contributed by atoms with Crippen LogP contribution in [0.1, 0.15) is 55.0 Å². The van der Waals surface area contributed by atoms with E-state index in [9.17, 15) is 14.4 Å². The Kier molecular flexibility index (Phi) is 10.8. The maximum atomic E-state index is 12.9. The average Bonchev–Trinajstić information content (AvgIpc) is 2.90. The minimum absolute atomic E-state index is 0.00913. The van der Waals surface area contributed by atoms with Gasteiger partial charge < -0.3 is 20.7 Å². The van der Waals surface area contributed by atoms with Gasteiger partial charge >= 0.3 is 5.97 Å². The van der Waals surface area contributed by atoms with Gasteiger partial charge in [-0.25, -0.2) is 14.1 Å². The molecule has 0 bridgehead atoms. The Morgan fingerprint density at radius 2 is 1.93 bits per heavy atom. The van der Waals surface area contributed by atoms with Crippen molar-refractivity contribution < 1.29 is 19.1 Å². The smallest absolute Gasteiger partial charge is 0.330 e. The second kappa shape index (κ2) is 14.5. The molecule has 3 heterocycles. The van der Waals surface area contributed by atoms with Gasteiger partial charge in [0.1, 0.15) is 11.9 Å². The van der Waals surface area contributed by atoms with Crippen molar-refractivity contribution in [1.82, 2.24) is 19.9 Å². The lowest BCUT2D eigenvalue weighted by Crippen LogP contribution is -2.56. The quantitative estimate of drug-likeness (QED) is 0.191. The van der Waals surface area contributed by atoms with Gasteiger partial charge in [-0.2, -0.15) is 0 Å². The van der Waals surface area contributed by atoms with Crippen LogP contribution in [0.2, 0.25) is 0 Å². The molecule has 1 saturated heterocycles. The molecule has 1 atom stereocenters. The zero-order valence-electron chi connectivity index (χ0n) is 23.8. The van der Waals surface area contributed by atoms with E-state index in [1.165, 1.54) is 16.7 Å². The molecule has 2 aromatic rings. The highest BCUT2D eigenvalue weighted by atomic mass is 32.2. The van der Waals surface area contributed by atoms with Gasteiger partial charge in [0.2, 0.25) is 11.8 Å². The first-order chi connectivity index (χ1) is 19.3. The van der Waals surface area contributed by atoms with Crippen LogP contribution in [0, 0.1) is 19.8 Å². The highest BCUT2D eigenvalue weighted by Gasteiger charge is 2.35. The van der Waals surface area contributed by atoms with Crippen LogP contribution in [0.4, 0.5) is 5.82 Å². The fourth-order valence-corrected chi connectivity index (χ4v) is 6.23. The lowest BCUT2D eigenvalue weighted by molar-refractivity contribution is -0.148. The lowest BCUT2D eigenvalue weighted by atomic mass is 10.0. The Bertz CT molecular complexity index is 1180. The number of esters is 1. The fourth-order valence-electron chi connectivity index (χ4n) is 4.94. The second-order valence-electron chi connectivity index (χ2n) is 10.6. The first-order valence-electron chi connectivity index (χ1n) is 14.3. The summed E-state index contributed by atoms with van der Waals surface area (Å²) in [5, 5.41) is 8.95. The van der Waals surface area contributed by atoms with Crippen LogP contribution in [-0.4, -0.2) is 65.9 Å². The summed E-state index contributed by atoms with van der Waals surface area (Å²) in [6.07, 6.45) is 4.91. The van der Waals surface area contributed by atoms with E-state index in [1.54, 1.807) is 18.9 Å². The molecule has 0 aliphatic carbocycles. The molecule has 2 amide bonds. The summed E-state index contributed by atoms with van der Waals surface area (Å²) in [5.74, 6) is -0.106. The molecule has 0 radical (unpaired) electrons. The minimum Gasteiger partial charge on any atom is -0.464 e. The molecule has 0 spiro atoms. The summed E-state index contributed by atoms with van der Waals surface area (Å²) in [6.45, 7) is 8.23. The Labute approximate surface area is 241 Å². The first-order valence-corrected chi connectivity index (χ1v) is 15.1. The molecule has 1 unspecified atom stereocenters. The van der Waals surface area contributed by atoms with E-state index >= 15 is 0 Å². The number of pyridine rings is 1. The number of ether oxygens (including phenoxy) is 1. The van der Waals surface area contributed by atoms with Crippen molar-refractivity contribution in [1.29, 1.82) is 0 Å². The van der Waals surface area contributed by atoms with E-state index in [1.807, 2.05) is 0 Å². The van der Waals surface area contributed by atoms with Crippen molar-refractivity contribution in [3.63, 3.8) is 0 Å². The molecule has 2 aliphatic rings. The number of anilines is 1. The lowest BCUT2D eigenvalue weighted by Gasteiger charge is -2.37. The normalized spacial score (nSPS) is 15.8. The van der Waals surface area contributed by atoms with Crippen molar-refractivity contribution in [2.45, 2.75) is 70.2 Å². The third kappa shape index (κ3) is 8.69. The number of rotatable bonds is 13. The van der Waals surface area contributed by atoms with Gasteiger partial charge in [-0.1, -0.05) is 12.1 Å².